The van der Waals surface area contributed by atoms with Crippen LogP contribution in [-0.4, -0.2) is 23.4 Å². The highest BCUT2D eigenvalue weighted by atomic mass is 16.6. The molecule has 2 rings (SSSR count). The number of aliphatic hydroxyl groups is 1. The summed E-state index contributed by atoms with van der Waals surface area (Å²) < 4.78 is 5.49. The Hall–Kier alpha value is -0.340. The van der Waals surface area contributed by atoms with Gasteiger partial charge in [0.25, 0.3) is 0 Å². The van der Waals surface area contributed by atoms with E-state index in [1.165, 1.54) is 5.57 Å². The van der Waals surface area contributed by atoms with Crippen molar-refractivity contribution in [3.05, 3.63) is 11.6 Å². The first kappa shape index (κ1) is 8.27. The van der Waals surface area contributed by atoms with E-state index in [2.05, 4.69) is 6.92 Å². The van der Waals surface area contributed by atoms with Crippen molar-refractivity contribution in [2.24, 2.45) is 0 Å². The van der Waals surface area contributed by atoms with Gasteiger partial charge < -0.3 is 9.84 Å². The summed E-state index contributed by atoms with van der Waals surface area (Å²) in [6.07, 6.45) is 6.69. The Kier molecular flexibility index (Phi) is 2.20. The Morgan fingerprint density at radius 2 is 2.42 bits per heavy atom. The fraction of sp³-hybridized carbons (Fsp3) is 0.800. The lowest BCUT2D eigenvalue weighted by atomic mass is 10.1. The Labute approximate surface area is 73.2 Å². The fourth-order valence-electron chi connectivity index (χ4n) is 1.96. The number of epoxide rings is 1. The summed E-state index contributed by atoms with van der Waals surface area (Å²) in [5.74, 6) is 0. The molecule has 1 N–H and O–H groups in total. The molecule has 2 heteroatoms. The van der Waals surface area contributed by atoms with Gasteiger partial charge in [0.05, 0.1) is 12.2 Å². The van der Waals surface area contributed by atoms with E-state index in [9.17, 15) is 5.11 Å². The van der Waals surface area contributed by atoms with Crippen LogP contribution in [-0.2, 0) is 4.74 Å². The number of ether oxygens (including phenoxy) is 1. The maximum Gasteiger partial charge on any atom is 0.105 e. The lowest BCUT2D eigenvalue weighted by Gasteiger charge is -2.04. The van der Waals surface area contributed by atoms with Gasteiger partial charge in [-0.1, -0.05) is 19.4 Å². The van der Waals surface area contributed by atoms with Crippen molar-refractivity contribution in [1.82, 2.24) is 0 Å². The molecule has 1 heterocycles. The summed E-state index contributed by atoms with van der Waals surface area (Å²) in [5, 5.41) is 9.49. The van der Waals surface area contributed by atoms with Crippen LogP contribution in [0.3, 0.4) is 0 Å². The SMILES string of the molecule is CCCC1=C[C@H](O)CC[C@H]2O[C@@H]12. The first-order valence-corrected chi connectivity index (χ1v) is 4.85. The molecular formula is C10H16O2. The average Bonchev–Trinajstić information content (AvgIpc) is 2.77. The van der Waals surface area contributed by atoms with Crippen LogP contribution in [0.5, 0.6) is 0 Å². The highest BCUT2D eigenvalue weighted by Crippen LogP contribution is 2.37. The largest absolute Gasteiger partial charge is 0.389 e. The average molecular weight is 168 g/mol. The van der Waals surface area contributed by atoms with Crippen LogP contribution in [0.4, 0.5) is 0 Å². The highest BCUT2D eigenvalue weighted by Gasteiger charge is 2.42. The van der Waals surface area contributed by atoms with E-state index < -0.39 is 0 Å². The van der Waals surface area contributed by atoms with Crippen molar-refractivity contribution in [1.29, 1.82) is 0 Å². The first-order chi connectivity index (χ1) is 5.81. The van der Waals surface area contributed by atoms with E-state index in [0.29, 0.717) is 12.2 Å². The second kappa shape index (κ2) is 3.19. The number of aliphatic hydroxyl groups excluding tert-OH is 1. The van der Waals surface area contributed by atoms with Crippen LogP contribution in [0, 0.1) is 0 Å². The van der Waals surface area contributed by atoms with E-state index in [-0.39, 0.29) is 6.10 Å². The molecule has 12 heavy (non-hydrogen) atoms. The van der Waals surface area contributed by atoms with Crippen LogP contribution in [0.15, 0.2) is 11.6 Å². The maximum atomic E-state index is 9.49. The molecule has 0 aromatic rings. The zero-order valence-corrected chi connectivity index (χ0v) is 7.49. The molecule has 0 amide bonds. The minimum atomic E-state index is -0.219. The zero-order valence-electron chi connectivity index (χ0n) is 7.49. The van der Waals surface area contributed by atoms with Gasteiger partial charge in [0, 0.05) is 0 Å². The smallest absolute Gasteiger partial charge is 0.105 e. The predicted molar refractivity (Wildman–Crippen MR) is 46.9 cm³/mol. The quantitative estimate of drug-likeness (QED) is 0.502. The molecule has 2 nitrogen and oxygen atoms in total. The van der Waals surface area contributed by atoms with Crippen molar-refractivity contribution in [2.45, 2.75) is 50.9 Å². The summed E-state index contributed by atoms with van der Waals surface area (Å²) in [7, 11) is 0. The third kappa shape index (κ3) is 1.54. The normalized spacial score (nSPS) is 39.8. The van der Waals surface area contributed by atoms with Gasteiger partial charge >= 0.3 is 0 Å². The van der Waals surface area contributed by atoms with Crippen molar-refractivity contribution < 1.29 is 9.84 Å². The standard InChI is InChI=1S/C10H16O2/c1-2-3-7-6-8(11)4-5-9-10(7)12-9/h6,8-11H,2-5H2,1H3/t8-,9-,10+/m1/s1. The topological polar surface area (TPSA) is 32.8 Å². The lowest BCUT2D eigenvalue weighted by Crippen LogP contribution is -2.02. The molecule has 2 aliphatic rings. The Morgan fingerprint density at radius 3 is 3.17 bits per heavy atom. The highest BCUT2D eigenvalue weighted by molar-refractivity contribution is 5.20. The summed E-state index contributed by atoms with van der Waals surface area (Å²) in [4.78, 5) is 0. The molecule has 0 saturated carbocycles. The van der Waals surface area contributed by atoms with E-state index in [1.54, 1.807) is 0 Å². The Morgan fingerprint density at radius 1 is 1.58 bits per heavy atom. The fourth-order valence-corrected chi connectivity index (χ4v) is 1.96. The second-order valence-electron chi connectivity index (χ2n) is 3.73. The van der Waals surface area contributed by atoms with Gasteiger partial charge in [0.1, 0.15) is 6.10 Å². The molecule has 1 aliphatic carbocycles. The van der Waals surface area contributed by atoms with Crippen molar-refractivity contribution in [3.63, 3.8) is 0 Å². The molecule has 3 atom stereocenters. The van der Waals surface area contributed by atoms with Gasteiger partial charge in [-0.3, -0.25) is 0 Å². The number of hydrogen-bond acceptors (Lipinski definition) is 2. The third-order valence-electron chi connectivity index (χ3n) is 2.64. The van der Waals surface area contributed by atoms with Gasteiger partial charge in [-0.25, -0.2) is 0 Å². The zero-order chi connectivity index (χ0) is 8.55. The molecule has 0 aromatic heterocycles. The Balaban J connectivity index is 2.05. The van der Waals surface area contributed by atoms with Crippen molar-refractivity contribution in [3.8, 4) is 0 Å². The number of fused-ring (bicyclic) bond motifs is 1. The molecule has 0 aromatic carbocycles. The monoisotopic (exact) mass is 168 g/mol. The van der Waals surface area contributed by atoms with Gasteiger partial charge in [-0.15, -0.1) is 0 Å². The lowest BCUT2D eigenvalue weighted by molar-refractivity contribution is 0.200. The summed E-state index contributed by atoms with van der Waals surface area (Å²) in [6.45, 7) is 2.16. The van der Waals surface area contributed by atoms with Crippen molar-refractivity contribution >= 4 is 0 Å². The van der Waals surface area contributed by atoms with Gasteiger partial charge in [-0.2, -0.15) is 0 Å². The van der Waals surface area contributed by atoms with Gasteiger partial charge in [-0.05, 0) is 24.8 Å². The summed E-state index contributed by atoms with van der Waals surface area (Å²) in [5.41, 5.74) is 1.33. The molecular weight excluding hydrogens is 152 g/mol. The second-order valence-corrected chi connectivity index (χ2v) is 3.73. The minimum Gasteiger partial charge on any atom is -0.389 e. The van der Waals surface area contributed by atoms with Gasteiger partial charge in [0.2, 0.25) is 0 Å². The number of hydrogen-bond donors (Lipinski definition) is 1. The molecule has 1 fully saturated rings. The minimum absolute atomic E-state index is 0.219. The van der Waals surface area contributed by atoms with Crippen LogP contribution in [0.1, 0.15) is 32.6 Å². The number of rotatable bonds is 2. The van der Waals surface area contributed by atoms with E-state index >= 15 is 0 Å². The summed E-state index contributed by atoms with van der Waals surface area (Å²) >= 11 is 0. The molecule has 68 valence electrons. The van der Waals surface area contributed by atoms with E-state index in [0.717, 1.165) is 25.7 Å². The molecule has 0 radical (unpaired) electrons. The van der Waals surface area contributed by atoms with Crippen LogP contribution >= 0.6 is 0 Å². The molecule has 1 saturated heterocycles. The van der Waals surface area contributed by atoms with Crippen LogP contribution in [0.25, 0.3) is 0 Å². The van der Waals surface area contributed by atoms with Crippen LogP contribution < -0.4 is 0 Å². The van der Waals surface area contributed by atoms with E-state index in [4.69, 9.17) is 4.74 Å². The van der Waals surface area contributed by atoms with Crippen molar-refractivity contribution in [2.75, 3.05) is 0 Å². The molecule has 0 bridgehead atoms. The van der Waals surface area contributed by atoms with E-state index in [1.807, 2.05) is 6.08 Å². The molecule has 0 spiro atoms. The predicted octanol–water partition coefficient (Wildman–Crippen LogP) is 1.64. The third-order valence-corrected chi connectivity index (χ3v) is 2.64. The first-order valence-electron chi connectivity index (χ1n) is 4.85. The maximum absolute atomic E-state index is 9.49. The Bertz CT molecular complexity index is 198. The van der Waals surface area contributed by atoms with Gasteiger partial charge in [0.15, 0.2) is 0 Å². The molecule has 0 unspecified atom stereocenters. The summed E-state index contributed by atoms with van der Waals surface area (Å²) in [6, 6.07) is 0. The molecule has 1 aliphatic heterocycles. The van der Waals surface area contributed by atoms with Crippen LogP contribution in [0.2, 0.25) is 0 Å².